The lowest BCUT2D eigenvalue weighted by atomic mass is 10.0. The Morgan fingerprint density at radius 1 is 1.18 bits per heavy atom. The fourth-order valence-corrected chi connectivity index (χ4v) is 4.61. The van der Waals surface area contributed by atoms with Gasteiger partial charge in [-0.3, -0.25) is 5.41 Å². The highest BCUT2D eigenvalue weighted by atomic mass is 32.2. The minimum Gasteiger partial charge on any atom is -0.461 e. The number of nitrogens with zero attached hydrogens (tertiary/aromatic N) is 2. The molecule has 10 heteroatoms. The molecule has 0 aliphatic rings. The van der Waals surface area contributed by atoms with Crippen LogP contribution in [0.2, 0.25) is 0 Å². The number of anilines is 1. The highest BCUT2D eigenvalue weighted by Crippen LogP contribution is 2.31. The molecule has 0 amide bonds. The Morgan fingerprint density at radius 2 is 1.91 bits per heavy atom. The molecule has 0 saturated carbocycles. The molecule has 34 heavy (non-hydrogen) atoms. The van der Waals surface area contributed by atoms with Crippen molar-refractivity contribution in [2.45, 2.75) is 31.6 Å². The SMILES string of the molecule is CCOC(=O)C(=N)/C=C(\Nc1ccccc1C(C)C)c1nnc(-c2cccc(S(C)(=O)=O)c2)s1. The monoisotopic (exact) mass is 498 g/mol. The molecular weight excluding hydrogens is 472 g/mol. The standard InChI is InChI=1S/C24H26N4O4S2/c1-5-32-24(29)19(25)14-21(26-20-12-7-6-11-18(20)15(2)3)23-28-27-22(33-23)16-9-8-10-17(13-16)34(4,30)31/h6-15,25-26H,5H2,1-4H3/b21-14-,25-19?. The number of hydrogen-bond donors (Lipinski definition) is 2. The van der Waals surface area contributed by atoms with Crippen LogP contribution in [0.3, 0.4) is 0 Å². The first kappa shape index (κ1) is 25.3. The highest BCUT2D eigenvalue weighted by Gasteiger charge is 2.18. The van der Waals surface area contributed by atoms with Gasteiger partial charge in [0.15, 0.2) is 14.8 Å². The number of benzene rings is 2. The molecule has 8 nitrogen and oxygen atoms in total. The van der Waals surface area contributed by atoms with E-state index in [0.717, 1.165) is 17.5 Å². The summed E-state index contributed by atoms with van der Waals surface area (Å²) >= 11 is 1.22. The molecule has 0 saturated heterocycles. The summed E-state index contributed by atoms with van der Waals surface area (Å²) in [5.41, 5.74) is 2.56. The second-order valence-corrected chi connectivity index (χ2v) is 10.8. The molecule has 0 fully saturated rings. The molecule has 3 aromatic rings. The molecule has 2 N–H and O–H groups in total. The Bertz CT molecular complexity index is 1340. The molecule has 0 aliphatic carbocycles. The van der Waals surface area contributed by atoms with Crippen LogP contribution in [0.25, 0.3) is 16.3 Å². The quantitative estimate of drug-likeness (QED) is 0.322. The predicted octanol–water partition coefficient (Wildman–Crippen LogP) is 4.77. The number of rotatable bonds is 9. The summed E-state index contributed by atoms with van der Waals surface area (Å²) in [5, 5.41) is 20.9. The van der Waals surface area contributed by atoms with Gasteiger partial charge in [0.1, 0.15) is 10.7 Å². The van der Waals surface area contributed by atoms with Crippen LogP contribution >= 0.6 is 11.3 Å². The molecule has 178 valence electrons. The van der Waals surface area contributed by atoms with Crippen LogP contribution in [0.5, 0.6) is 0 Å². The molecule has 1 heterocycles. The van der Waals surface area contributed by atoms with Gasteiger partial charge < -0.3 is 10.1 Å². The van der Waals surface area contributed by atoms with Crippen molar-refractivity contribution in [3.05, 3.63) is 65.2 Å². The third-order valence-corrected chi connectivity index (χ3v) is 6.92. The third-order valence-electron chi connectivity index (χ3n) is 4.80. The Morgan fingerprint density at radius 3 is 2.59 bits per heavy atom. The maximum absolute atomic E-state index is 12.1. The first-order valence-corrected chi connectivity index (χ1v) is 13.3. The zero-order chi connectivity index (χ0) is 24.9. The third kappa shape index (κ3) is 6.15. The largest absolute Gasteiger partial charge is 0.461 e. The van der Waals surface area contributed by atoms with Gasteiger partial charge in [0.25, 0.3) is 0 Å². The van der Waals surface area contributed by atoms with E-state index in [4.69, 9.17) is 10.1 Å². The summed E-state index contributed by atoms with van der Waals surface area (Å²) in [6, 6.07) is 14.2. The summed E-state index contributed by atoms with van der Waals surface area (Å²) in [6.07, 6.45) is 2.52. The Balaban J connectivity index is 2.04. The summed E-state index contributed by atoms with van der Waals surface area (Å²) in [6.45, 7) is 5.98. The van der Waals surface area contributed by atoms with Gasteiger partial charge in [-0.1, -0.05) is 55.5 Å². The van der Waals surface area contributed by atoms with Crippen LogP contribution in [0.15, 0.2) is 59.5 Å². The van der Waals surface area contributed by atoms with Crippen LogP contribution in [0.4, 0.5) is 5.69 Å². The summed E-state index contributed by atoms with van der Waals surface area (Å²) in [5.74, 6) is -0.511. The van der Waals surface area contributed by atoms with Crippen molar-refractivity contribution < 1.29 is 17.9 Å². The number of ether oxygens (including phenoxy) is 1. The van der Waals surface area contributed by atoms with E-state index in [1.807, 2.05) is 24.3 Å². The van der Waals surface area contributed by atoms with E-state index in [1.54, 1.807) is 25.1 Å². The van der Waals surface area contributed by atoms with Gasteiger partial charge in [-0.25, -0.2) is 13.2 Å². The van der Waals surface area contributed by atoms with Gasteiger partial charge in [-0.2, -0.15) is 0 Å². The smallest absolute Gasteiger partial charge is 0.356 e. The number of hydrogen-bond acceptors (Lipinski definition) is 9. The van der Waals surface area contributed by atoms with Crippen LogP contribution < -0.4 is 5.32 Å². The van der Waals surface area contributed by atoms with Crippen LogP contribution in [0, 0.1) is 5.41 Å². The molecule has 0 spiro atoms. The second kappa shape index (κ2) is 10.7. The normalized spacial score (nSPS) is 12.0. The average molecular weight is 499 g/mol. The fraction of sp³-hybridized carbons (Fsp3) is 0.250. The average Bonchev–Trinajstić information content (AvgIpc) is 3.29. The molecule has 0 aliphatic heterocycles. The Hall–Kier alpha value is -3.37. The van der Waals surface area contributed by atoms with Gasteiger partial charge in [0, 0.05) is 17.5 Å². The van der Waals surface area contributed by atoms with E-state index in [-0.39, 0.29) is 23.1 Å². The van der Waals surface area contributed by atoms with Gasteiger partial charge in [0.05, 0.1) is 17.2 Å². The predicted molar refractivity (Wildman–Crippen MR) is 135 cm³/mol. The zero-order valence-corrected chi connectivity index (χ0v) is 21.0. The van der Waals surface area contributed by atoms with Crippen molar-refractivity contribution in [1.82, 2.24) is 10.2 Å². The number of sulfone groups is 1. The van der Waals surface area contributed by atoms with Crippen molar-refractivity contribution in [2.24, 2.45) is 0 Å². The van der Waals surface area contributed by atoms with E-state index < -0.39 is 15.8 Å². The number of carbonyl (C=O) groups is 1. The molecule has 0 radical (unpaired) electrons. The van der Waals surface area contributed by atoms with Crippen molar-refractivity contribution in [3.63, 3.8) is 0 Å². The number of carbonyl (C=O) groups excluding carboxylic acids is 1. The molecule has 0 unspecified atom stereocenters. The summed E-state index contributed by atoms with van der Waals surface area (Å²) in [4.78, 5) is 12.3. The van der Waals surface area contributed by atoms with Crippen molar-refractivity contribution >= 4 is 44.2 Å². The number of para-hydroxylation sites is 1. The topological polar surface area (TPSA) is 122 Å². The van der Waals surface area contributed by atoms with Gasteiger partial charge in [-0.05, 0) is 42.7 Å². The van der Waals surface area contributed by atoms with E-state index in [9.17, 15) is 13.2 Å². The summed E-state index contributed by atoms with van der Waals surface area (Å²) in [7, 11) is -3.37. The molecule has 3 rings (SSSR count). The highest BCUT2D eigenvalue weighted by molar-refractivity contribution is 7.90. The van der Waals surface area contributed by atoms with Crippen molar-refractivity contribution in [3.8, 4) is 10.6 Å². The second-order valence-electron chi connectivity index (χ2n) is 7.77. The van der Waals surface area contributed by atoms with E-state index >= 15 is 0 Å². The molecular formula is C24H26N4O4S2. The van der Waals surface area contributed by atoms with Crippen LogP contribution in [-0.4, -0.2) is 43.2 Å². The van der Waals surface area contributed by atoms with Gasteiger partial charge in [0.2, 0.25) is 0 Å². The van der Waals surface area contributed by atoms with E-state index in [0.29, 0.717) is 21.3 Å². The maximum atomic E-state index is 12.1. The van der Waals surface area contributed by atoms with Gasteiger partial charge in [-0.15, -0.1) is 10.2 Å². The van der Waals surface area contributed by atoms with Crippen molar-refractivity contribution in [2.75, 3.05) is 18.2 Å². The Kier molecular flexibility index (Phi) is 7.95. The first-order chi connectivity index (χ1) is 16.1. The Labute approximate surface area is 203 Å². The summed E-state index contributed by atoms with van der Waals surface area (Å²) < 4.78 is 28.8. The molecule has 0 bridgehead atoms. The van der Waals surface area contributed by atoms with Crippen LogP contribution in [0.1, 0.15) is 37.3 Å². The minimum absolute atomic E-state index is 0.160. The van der Waals surface area contributed by atoms with E-state index in [1.165, 1.54) is 23.5 Å². The lowest BCUT2D eigenvalue weighted by Gasteiger charge is -2.15. The fourth-order valence-electron chi connectivity index (χ4n) is 3.13. The molecule has 0 atom stereocenters. The lowest BCUT2D eigenvalue weighted by Crippen LogP contribution is -2.16. The first-order valence-electron chi connectivity index (χ1n) is 10.6. The number of nitrogens with one attached hydrogen (secondary N) is 2. The van der Waals surface area contributed by atoms with Crippen molar-refractivity contribution in [1.29, 1.82) is 5.41 Å². The minimum atomic E-state index is -3.37. The zero-order valence-electron chi connectivity index (χ0n) is 19.3. The maximum Gasteiger partial charge on any atom is 0.356 e. The van der Waals surface area contributed by atoms with E-state index in [2.05, 4.69) is 29.4 Å². The molecule has 1 aromatic heterocycles. The lowest BCUT2D eigenvalue weighted by molar-refractivity contribution is -0.135. The van der Waals surface area contributed by atoms with Crippen LogP contribution in [-0.2, 0) is 19.4 Å². The molecule has 2 aromatic carbocycles. The van der Waals surface area contributed by atoms with Gasteiger partial charge >= 0.3 is 5.97 Å². The number of aromatic nitrogens is 2. The number of esters is 1.